The number of aryl methyl sites for hydroxylation is 1. The van der Waals surface area contributed by atoms with Crippen molar-refractivity contribution in [2.45, 2.75) is 19.9 Å². The van der Waals surface area contributed by atoms with E-state index in [1.165, 1.54) is 11.3 Å². The molecule has 0 aliphatic heterocycles. The topological polar surface area (TPSA) is 54.9 Å². The normalized spacial score (nSPS) is 10.2. The van der Waals surface area contributed by atoms with Crippen LogP contribution in [0.1, 0.15) is 16.4 Å². The molecule has 0 radical (unpaired) electrons. The van der Waals surface area contributed by atoms with Crippen LogP contribution < -0.4 is 5.32 Å². The second-order valence-corrected chi connectivity index (χ2v) is 4.60. The molecule has 1 N–H and O–H groups in total. The van der Waals surface area contributed by atoms with Crippen LogP contribution in [0.4, 0.5) is 0 Å². The zero-order valence-corrected chi connectivity index (χ0v) is 10.3. The number of aromatic nitrogens is 2. The van der Waals surface area contributed by atoms with Gasteiger partial charge in [-0.3, -0.25) is 9.78 Å². The maximum absolute atomic E-state index is 11.6. The molecule has 0 aliphatic carbocycles. The van der Waals surface area contributed by atoms with Crippen molar-refractivity contribution in [1.82, 2.24) is 15.3 Å². The number of hydrogen-bond acceptors (Lipinski definition) is 4. The highest BCUT2D eigenvalue weighted by Crippen LogP contribution is 2.09. The Morgan fingerprint density at radius 3 is 3.00 bits per heavy atom. The highest BCUT2D eigenvalue weighted by Gasteiger charge is 2.06. The van der Waals surface area contributed by atoms with Gasteiger partial charge in [0.2, 0.25) is 5.91 Å². The van der Waals surface area contributed by atoms with E-state index < -0.39 is 0 Å². The first-order valence-corrected chi connectivity index (χ1v) is 6.19. The molecule has 2 rings (SSSR count). The third-order valence-corrected chi connectivity index (χ3v) is 3.14. The molecule has 2 aromatic rings. The van der Waals surface area contributed by atoms with E-state index in [-0.39, 0.29) is 5.91 Å². The maximum Gasteiger partial charge on any atom is 0.227 e. The molecule has 0 fully saturated rings. The molecule has 0 saturated carbocycles. The SMILES string of the molecule is Cc1csc(CC(=O)NCc2ccccn2)n1. The monoisotopic (exact) mass is 247 g/mol. The maximum atomic E-state index is 11.6. The van der Waals surface area contributed by atoms with Crippen molar-refractivity contribution in [3.8, 4) is 0 Å². The summed E-state index contributed by atoms with van der Waals surface area (Å²) in [6.45, 7) is 2.38. The molecule has 0 bridgehead atoms. The molecule has 5 heteroatoms. The average molecular weight is 247 g/mol. The zero-order valence-electron chi connectivity index (χ0n) is 9.51. The Morgan fingerprint density at radius 2 is 2.35 bits per heavy atom. The molecule has 0 atom stereocenters. The lowest BCUT2D eigenvalue weighted by atomic mass is 10.3. The van der Waals surface area contributed by atoms with Crippen molar-refractivity contribution in [3.63, 3.8) is 0 Å². The third kappa shape index (κ3) is 3.64. The summed E-state index contributed by atoms with van der Waals surface area (Å²) in [5, 5.41) is 5.62. The van der Waals surface area contributed by atoms with Crippen LogP contribution in [0.15, 0.2) is 29.8 Å². The number of pyridine rings is 1. The van der Waals surface area contributed by atoms with E-state index in [1.807, 2.05) is 30.5 Å². The lowest BCUT2D eigenvalue weighted by molar-refractivity contribution is -0.120. The van der Waals surface area contributed by atoms with Crippen LogP contribution in [0.5, 0.6) is 0 Å². The summed E-state index contributed by atoms with van der Waals surface area (Å²) in [6, 6.07) is 5.64. The first kappa shape index (κ1) is 11.7. The number of thiazole rings is 1. The van der Waals surface area contributed by atoms with Gasteiger partial charge >= 0.3 is 0 Å². The Hall–Kier alpha value is -1.75. The Labute approximate surface area is 104 Å². The summed E-state index contributed by atoms with van der Waals surface area (Å²) in [5.41, 5.74) is 1.82. The standard InChI is InChI=1S/C12H13N3OS/c1-9-8-17-12(15-9)6-11(16)14-7-10-4-2-3-5-13-10/h2-5,8H,6-7H2,1H3,(H,14,16). The van der Waals surface area contributed by atoms with Crippen LogP contribution in [0.3, 0.4) is 0 Å². The van der Waals surface area contributed by atoms with Gasteiger partial charge in [0.05, 0.1) is 18.7 Å². The fourth-order valence-corrected chi connectivity index (χ4v) is 2.15. The van der Waals surface area contributed by atoms with E-state index in [4.69, 9.17) is 0 Å². The van der Waals surface area contributed by atoms with Crippen molar-refractivity contribution in [2.24, 2.45) is 0 Å². The molecule has 0 aromatic carbocycles. The number of carbonyl (C=O) groups excluding carboxylic acids is 1. The van der Waals surface area contributed by atoms with Crippen molar-refractivity contribution in [1.29, 1.82) is 0 Å². The minimum Gasteiger partial charge on any atom is -0.350 e. The molecule has 0 spiro atoms. The highest BCUT2D eigenvalue weighted by atomic mass is 32.1. The van der Waals surface area contributed by atoms with Crippen LogP contribution in [-0.2, 0) is 17.8 Å². The quantitative estimate of drug-likeness (QED) is 0.894. The number of amides is 1. The van der Waals surface area contributed by atoms with Crippen LogP contribution in [0.25, 0.3) is 0 Å². The molecule has 0 saturated heterocycles. The van der Waals surface area contributed by atoms with Crippen molar-refractivity contribution in [3.05, 3.63) is 46.2 Å². The van der Waals surface area contributed by atoms with E-state index in [9.17, 15) is 4.79 Å². The summed E-state index contributed by atoms with van der Waals surface area (Å²) in [7, 11) is 0. The molecule has 17 heavy (non-hydrogen) atoms. The molecular formula is C12H13N3OS. The van der Waals surface area contributed by atoms with Crippen LogP contribution >= 0.6 is 11.3 Å². The second-order valence-electron chi connectivity index (χ2n) is 3.66. The molecule has 88 valence electrons. The largest absolute Gasteiger partial charge is 0.350 e. The minimum absolute atomic E-state index is 0.0231. The fraction of sp³-hybridized carbons (Fsp3) is 0.250. The summed E-state index contributed by atoms with van der Waals surface area (Å²) >= 11 is 1.51. The van der Waals surface area contributed by atoms with Crippen LogP contribution in [0.2, 0.25) is 0 Å². The molecule has 1 amide bonds. The van der Waals surface area contributed by atoms with Gasteiger partial charge in [-0.2, -0.15) is 0 Å². The molecular weight excluding hydrogens is 234 g/mol. The van der Waals surface area contributed by atoms with E-state index in [1.54, 1.807) is 6.20 Å². The van der Waals surface area contributed by atoms with Gasteiger partial charge in [-0.1, -0.05) is 6.07 Å². The van der Waals surface area contributed by atoms with Crippen LogP contribution in [0, 0.1) is 6.92 Å². The van der Waals surface area contributed by atoms with Gasteiger partial charge in [0, 0.05) is 17.3 Å². The third-order valence-electron chi connectivity index (χ3n) is 2.17. The molecule has 0 aliphatic rings. The summed E-state index contributed by atoms with van der Waals surface area (Å²) in [4.78, 5) is 20.0. The first-order chi connectivity index (χ1) is 8.24. The van der Waals surface area contributed by atoms with Crippen molar-refractivity contribution in [2.75, 3.05) is 0 Å². The Bertz CT molecular complexity index is 495. The van der Waals surface area contributed by atoms with Crippen molar-refractivity contribution >= 4 is 17.2 Å². The Morgan fingerprint density at radius 1 is 1.47 bits per heavy atom. The highest BCUT2D eigenvalue weighted by molar-refractivity contribution is 7.09. The van der Waals surface area contributed by atoms with Gasteiger partial charge in [0.25, 0.3) is 0 Å². The van der Waals surface area contributed by atoms with Gasteiger partial charge in [-0.05, 0) is 19.1 Å². The number of nitrogens with zero attached hydrogens (tertiary/aromatic N) is 2. The number of carbonyl (C=O) groups is 1. The summed E-state index contributed by atoms with van der Waals surface area (Å²) < 4.78 is 0. The molecule has 2 heterocycles. The van der Waals surface area contributed by atoms with E-state index in [0.717, 1.165) is 16.4 Å². The lowest BCUT2D eigenvalue weighted by Gasteiger charge is -2.02. The molecule has 2 aromatic heterocycles. The molecule has 0 unspecified atom stereocenters. The minimum atomic E-state index is -0.0231. The second kappa shape index (κ2) is 5.54. The van der Waals surface area contributed by atoms with Gasteiger partial charge in [0.15, 0.2) is 0 Å². The number of rotatable bonds is 4. The zero-order chi connectivity index (χ0) is 12.1. The fourth-order valence-electron chi connectivity index (χ4n) is 1.38. The van der Waals surface area contributed by atoms with Gasteiger partial charge in [0.1, 0.15) is 5.01 Å². The smallest absolute Gasteiger partial charge is 0.227 e. The van der Waals surface area contributed by atoms with Gasteiger partial charge in [-0.15, -0.1) is 11.3 Å². The van der Waals surface area contributed by atoms with E-state index in [0.29, 0.717) is 13.0 Å². The van der Waals surface area contributed by atoms with Crippen molar-refractivity contribution < 1.29 is 4.79 Å². The summed E-state index contributed by atoms with van der Waals surface area (Å²) in [5.74, 6) is -0.0231. The number of hydrogen-bond donors (Lipinski definition) is 1. The lowest BCUT2D eigenvalue weighted by Crippen LogP contribution is -2.24. The van der Waals surface area contributed by atoms with E-state index in [2.05, 4.69) is 15.3 Å². The Balaban J connectivity index is 1.82. The van der Waals surface area contributed by atoms with Gasteiger partial charge in [-0.25, -0.2) is 4.98 Å². The number of nitrogens with one attached hydrogen (secondary N) is 1. The predicted octanol–water partition coefficient (Wildman–Crippen LogP) is 1.71. The first-order valence-electron chi connectivity index (χ1n) is 5.31. The van der Waals surface area contributed by atoms with E-state index >= 15 is 0 Å². The Kier molecular flexibility index (Phi) is 3.82. The average Bonchev–Trinajstić information content (AvgIpc) is 2.73. The van der Waals surface area contributed by atoms with Gasteiger partial charge < -0.3 is 5.32 Å². The molecule has 4 nitrogen and oxygen atoms in total. The predicted molar refractivity (Wildman–Crippen MR) is 66.6 cm³/mol. The van der Waals surface area contributed by atoms with Crippen LogP contribution in [-0.4, -0.2) is 15.9 Å². The summed E-state index contributed by atoms with van der Waals surface area (Å²) in [6.07, 6.45) is 2.05.